The van der Waals surface area contributed by atoms with E-state index < -0.39 is 29.1 Å². The fourth-order valence-corrected chi connectivity index (χ4v) is 2.90. The number of hydrogen-bond donors (Lipinski definition) is 2. The SMILES string of the molecule is O=C(NC(=O)c1c(F)cccc1F)Nc1ccc(-c2ccc(Cl)cc2Cl)cn1. The summed E-state index contributed by atoms with van der Waals surface area (Å²) in [7, 11) is 0. The minimum atomic E-state index is -1.21. The van der Waals surface area contributed by atoms with Crippen LogP contribution in [-0.4, -0.2) is 16.9 Å². The van der Waals surface area contributed by atoms with Crippen molar-refractivity contribution in [3.63, 3.8) is 0 Å². The van der Waals surface area contributed by atoms with Gasteiger partial charge in [-0.05, 0) is 36.4 Å². The van der Waals surface area contributed by atoms with Gasteiger partial charge in [0.2, 0.25) is 0 Å². The molecule has 9 heteroatoms. The Hall–Kier alpha value is -3.03. The smallest absolute Gasteiger partial charge is 0.292 e. The van der Waals surface area contributed by atoms with Crippen molar-refractivity contribution in [2.75, 3.05) is 5.32 Å². The van der Waals surface area contributed by atoms with Gasteiger partial charge in [0.25, 0.3) is 5.91 Å². The maximum atomic E-state index is 13.6. The normalized spacial score (nSPS) is 10.4. The van der Waals surface area contributed by atoms with E-state index in [-0.39, 0.29) is 5.82 Å². The molecule has 142 valence electrons. The van der Waals surface area contributed by atoms with Crippen molar-refractivity contribution in [3.8, 4) is 11.1 Å². The monoisotopic (exact) mass is 421 g/mol. The number of carbonyl (C=O) groups excluding carboxylic acids is 2. The Morgan fingerprint density at radius 3 is 2.29 bits per heavy atom. The van der Waals surface area contributed by atoms with E-state index in [9.17, 15) is 18.4 Å². The number of imide groups is 1. The second-order valence-electron chi connectivity index (χ2n) is 5.56. The molecule has 28 heavy (non-hydrogen) atoms. The lowest BCUT2D eigenvalue weighted by Gasteiger charge is -2.09. The molecule has 3 amide bonds. The first kappa shape index (κ1) is 19.7. The van der Waals surface area contributed by atoms with Crippen LogP contribution in [0.25, 0.3) is 11.1 Å². The predicted molar refractivity (Wildman–Crippen MR) is 103 cm³/mol. The first-order valence-corrected chi connectivity index (χ1v) is 8.58. The van der Waals surface area contributed by atoms with Crippen LogP contribution in [0.1, 0.15) is 10.4 Å². The number of amides is 3. The van der Waals surface area contributed by atoms with E-state index in [0.717, 1.165) is 18.2 Å². The number of halogens is 4. The van der Waals surface area contributed by atoms with E-state index >= 15 is 0 Å². The minimum Gasteiger partial charge on any atom is -0.292 e. The van der Waals surface area contributed by atoms with E-state index in [0.29, 0.717) is 21.2 Å². The molecule has 3 rings (SSSR count). The number of nitrogens with one attached hydrogen (secondary N) is 2. The predicted octanol–water partition coefficient (Wildman–Crippen LogP) is 5.30. The molecule has 0 bridgehead atoms. The second kappa shape index (κ2) is 8.33. The molecule has 0 radical (unpaired) electrons. The Morgan fingerprint density at radius 1 is 0.964 bits per heavy atom. The van der Waals surface area contributed by atoms with Crippen LogP contribution in [0.2, 0.25) is 10.0 Å². The Bertz CT molecular complexity index is 1040. The van der Waals surface area contributed by atoms with Crippen molar-refractivity contribution in [1.29, 1.82) is 0 Å². The molecule has 0 aliphatic carbocycles. The van der Waals surface area contributed by atoms with E-state index in [2.05, 4.69) is 10.3 Å². The number of rotatable bonds is 3. The van der Waals surface area contributed by atoms with Gasteiger partial charge in [0.15, 0.2) is 0 Å². The number of carbonyl (C=O) groups is 2. The lowest BCUT2D eigenvalue weighted by atomic mass is 10.1. The molecule has 3 aromatic rings. The third kappa shape index (κ3) is 4.44. The summed E-state index contributed by atoms with van der Waals surface area (Å²) in [4.78, 5) is 27.8. The third-order valence-electron chi connectivity index (χ3n) is 3.66. The number of aromatic nitrogens is 1. The number of hydrogen-bond acceptors (Lipinski definition) is 3. The van der Waals surface area contributed by atoms with Crippen LogP contribution in [0.5, 0.6) is 0 Å². The van der Waals surface area contributed by atoms with Gasteiger partial charge in [-0.2, -0.15) is 0 Å². The first-order valence-electron chi connectivity index (χ1n) is 7.83. The van der Waals surface area contributed by atoms with Crippen LogP contribution in [-0.2, 0) is 0 Å². The summed E-state index contributed by atoms with van der Waals surface area (Å²) in [6.07, 6.45) is 1.46. The van der Waals surface area contributed by atoms with Crippen LogP contribution in [0.4, 0.5) is 19.4 Å². The molecule has 0 unspecified atom stereocenters. The van der Waals surface area contributed by atoms with E-state index in [1.54, 1.807) is 24.3 Å². The maximum absolute atomic E-state index is 13.6. The van der Waals surface area contributed by atoms with Crippen molar-refractivity contribution in [2.45, 2.75) is 0 Å². The van der Waals surface area contributed by atoms with E-state index in [1.165, 1.54) is 12.3 Å². The molecular formula is C19H11Cl2F2N3O2. The number of nitrogens with zero attached hydrogens (tertiary/aromatic N) is 1. The van der Waals surface area contributed by atoms with Crippen LogP contribution in [0.15, 0.2) is 54.7 Å². The Labute approximate surface area is 168 Å². The lowest BCUT2D eigenvalue weighted by molar-refractivity contribution is 0.0959. The molecule has 0 saturated carbocycles. The van der Waals surface area contributed by atoms with Crippen LogP contribution in [0.3, 0.4) is 0 Å². The van der Waals surface area contributed by atoms with Gasteiger partial charge in [-0.15, -0.1) is 0 Å². The zero-order chi connectivity index (χ0) is 20.3. The van der Waals surface area contributed by atoms with Gasteiger partial charge in [-0.3, -0.25) is 15.4 Å². The van der Waals surface area contributed by atoms with Crippen LogP contribution in [0, 0.1) is 11.6 Å². The van der Waals surface area contributed by atoms with E-state index in [4.69, 9.17) is 23.2 Å². The summed E-state index contributed by atoms with van der Waals surface area (Å²) in [5.41, 5.74) is 0.523. The van der Waals surface area contributed by atoms with Crippen LogP contribution >= 0.6 is 23.2 Å². The van der Waals surface area contributed by atoms with Gasteiger partial charge in [-0.1, -0.05) is 35.3 Å². The molecule has 0 saturated heterocycles. The summed E-state index contributed by atoms with van der Waals surface area (Å²) in [6.45, 7) is 0. The van der Waals surface area contributed by atoms with Gasteiger partial charge in [-0.25, -0.2) is 18.6 Å². The molecule has 1 heterocycles. The average molecular weight is 422 g/mol. The van der Waals surface area contributed by atoms with Gasteiger partial charge >= 0.3 is 6.03 Å². The molecule has 2 aromatic carbocycles. The maximum Gasteiger partial charge on any atom is 0.327 e. The zero-order valence-electron chi connectivity index (χ0n) is 14.0. The Kier molecular flexibility index (Phi) is 5.87. The molecule has 1 aromatic heterocycles. The highest BCUT2D eigenvalue weighted by atomic mass is 35.5. The first-order chi connectivity index (χ1) is 13.3. The minimum absolute atomic E-state index is 0.119. The number of urea groups is 1. The quantitative estimate of drug-likeness (QED) is 0.602. The zero-order valence-corrected chi connectivity index (χ0v) is 15.5. The molecule has 0 aliphatic heterocycles. The van der Waals surface area contributed by atoms with Crippen molar-refractivity contribution < 1.29 is 18.4 Å². The average Bonchev–Trinajstić information content (AvgIpc) is 2.62. The van der Waals surface area contributed by atoms with Gasteiger partial charge in [0, 0.05) is 27.4 Å². The van der Waals surface area contributed by atoms with Gasteiger partial charge in [0.1, 0.15) is 23.0 Å². The lowest BCUT2D eigenvalue weighted by Crippen LogP contribution is -2.35. The number of anilines is 1. The van der Waals surface area contributed by atoms with Crippen LogP contribution < -0.4 is 10.6 Å². The van der Waals surface area contributed by atoms with E-state index in [1.807, 2.05) is 5.32 Å². The fourth-order valence-electron chi connectivity index (χ4n) is 2.38. The highest BCUT2D eigenvalue weighted by Crippen LogP contribution is 2.30. The Morgan fingerprint density at radius 2 is 1.68 bits per heavy atom. The van der Waals surface area contributed by atoms with Gasteiger partial charge in [0.05, 0.1) is 0 Å². The summed E-state index contributed by atoms with van der Waals surface area (Å²) >= 11 is 12.0. The van der Waals surface area contributed by atoms with Gasteiger partial charge < -0.3 is 0 Å². The number of pyridine rings is 1. The molecule has 0 aliphatic rings. The van der Waals surface area contributed by atoms with Crippen molar-refractivity contribution in [3.05, 3.63) is 82.0 Å². The molecule has 0 fully saturated rings. The Balaban J connectivity index is 1.68. The molecule has 0 atom stereocenters. The molecule has 0 spiro atoms. The standard InChI is InChI=1S/C19H11Cl2F2N3O2/c20-11-5-6-12(13(21)8-11)10-4-7-16(24-9-10)25-19(28)26-18(27)17-14(22)2-1-3-15(17)23/h1-9H,(H2,24,25,26,27,28). The topological polar surface area (TPSA) is 71.1 Å². The highest BCUT2D eigenvalue weighted by molar-refractivity contribution is 6.36. The largest absolute Gasteiger partial charge is 0.327 e. The number of benzene rings is 2. The summed E-state index contributed by atoms with van der Waals surface area (Å²) < 4.78 is 27.2. The summed E-state index contributed by atoms with van der Waals surface area (Å²) in [5.74, 6) is -3.24. The molecule has 5 nitrogen and oxygen atoms in total. The molecular weight excluding hydrogens is 411 g/mol. The third-order valence-corrected chi connectivity index (χ3v) is 4.21. The molecule has 2 N–H and O–H groups in total. The van der Waals surface area contributed by atoms with Crippen molar-refractivity contribution in [2.24, 2.45) is 0 Å². The highest BCUT2D eigenvalue weighted by Gasteiger charge is 2.19. The van der Waals surface area contributed by atoms with Crippen molar-refractivity contribution >= 4 is 41.0 Å². The second-order valence-corrected chi connectivity index (χ2v) is 6.40. The summed E-state index contributed by atoms with van der Waals surface area (Å²) in [6, 6.07) is 10.1. The fraction of sp³-hybridized carbons (Fsp3) is 0. The van der Waals surface area contributed by atoms with Crippen molar-refractivity contribution in [1.82, 2.24) is 10.3 Å². The summed E-state index contributed by atoms with van der Waals surface area (Å²) in [5, 5.41) is 5.07.